The number of rotatable bonds is 6. The molecule has 3 nitrogen and oxygen atoms in total. The molecule has 0 spiro atoms. The lowest BCUT2D eigenvalue weighted by Gasteiger charge is -2.15. The second-order valence-electron chi connectivity index (χ2n) is 3.20. The molecule has 0 aliphatic carbocycles. The summed E-state index contributed by atoms with van der Waals surface area (Å²) in [5.74, 6) is -0.303. The summed E-state index contributed by atoms with van der Waals surface area (Å²) in [6.45, 7) is 2.38. The van der Waals surface area contributed by atoms with E-state index in [0.717, 1.165) is 12.8 Å². The molecule has 1 aromatic rings. The molecule has 1 atom stereocenters. The Morgan fingerprint density at radius 3 is 3.00 bits per heavy atom. The average Bonchev–Trinajstić information content (AvgIpc) is 2.64. The fraction of sp³-hybridized carbons (Fsp3) is 0.500. The summed E-state index contributed by atoms with van der Waals surface area (Å²) in [4.78, 5) is 11.9. The SMILES string of the molecule is CCCC(NCC(N)=O)c1cccs1. The van der Waals surface area contributed by atoms with Crippen molar-refractivity contribution in [3.8, 4) is 0 Å². The average molecular weight is 212 g/mol. The summed E-state index contributed by atoms with van der Waals surface area (Å²) < 4.78 is 0. The number of carbonyl (C=O) groups excluding carboxylic acids is 1. The highest BCUT2D eigenvalue weighted by atomic mass is 32.1. The summed E-state index contributed by atoms with van der Waals surface area (Å²) in [7, 11) is 0. The molecule has 0 aromatic carbocycles. The van der Waals surface area contributed by atoms with Gasteiger partial charge in [-0.3, -0.25) is 4.79 Å². The van der Waals surface area contributed by atoms with Gasteiger partial charge < -0.3 is 11.1 Å². The molecular formula is C10H16N2OS. The van der Waals surface area contributed by atoms with Crippen LogP contribution in [0.15, 0.2) is 17.5 Å². The highest BCUT2D eigenvalue weighted by Gasteiger charge is 2.11. The molecule has 14 heavy (non-hydrogen) atoms. The Hall–Kier alpha value is -0.870. The van der Waals surface area contributed by atoms with Crippen LogP contribution in [0.1, 0.15) is 30.7 Å². The molecule has 0 saturated carbocycles. The normalized spacial score (nSPS) is 12.6. The van der Waals surface area contributed by atoms with Crippen molar-refractivity contribution in [1.82, 2.24) is 5.32 Å². The molecule has 1 unspecified atom stereocenters. The predicted octanol–water partition coefficient (Wildman–Crippen LogP) is 1.66. The first-order chi connectivity index (χ1) is 6.74. The maximum absolute atomic E-state index is 10.6. The van der Waals surface area contributed by atoms with Crippen molar-refractivity contribution in [3.63, 3.8) is 0 Å². The third kappa shape index (κ3) is 3.47. The number of hydrogen-bond donors (Lipinski definition) is 2. The maximum atomic E-state index is 10.6. The van der Waals surface area contributed by atoms with E-state index in [2.05, 4.69) is 18.3 Å². The third-order valence-electron chi connectivity index (χ3n) is 1.99. The Kier molecular flexibility index (Phi) is 4.62. The van der Waals surface area contributed by atoms with Gasteiger partial charge in [0.1, 0.15) is 0 Å². The van der Waals surface area contributed by atoms with Gasteiger partial charge in [0, 0.05) is 10.9 Å². The molecule has 0 bridgehead atoms. The van der Waals surface area contributed by atoms with Crippen LogP contribution in [-0.4, -0.2) is 12.5 Å². The first-order valence-corrected chi connectivity index (χ1v) is 5.67. The number of thiophene rings is 1. The second kappa shape index (κ2) is 5.78. The van der Waals surface area contributed by atoms with E-state index in [9.17, 15) is 4.79 Å². The monoisotopic (exact) mass is 212 g/mol. The number of hydrogen-bond acceptors (Lipinski definition) is 3. The van der Waals surface area contributed by atoms with Crippen molar-refractivity contribution in [3.05, 3.63) is 22.4 Å². The fourth-order valence-electron chi connectivity index (χ4n) is 1.35. The van der Waals surface area contributed by atoms with Crippen LogP contribution >= 0.6 is 11.3 Å². The van der Waals surface area contributed by atoms with Crippen molar-refractivity contribution < 1.29 is 4.79 Å². The van der Waals surface area contributed by atoms with E-state index in [-0.39, 0.29) is 18.5 Å². The molecule has 1 aromatic heterocycles. The Morgan fingerprint density at radius 2 is 2.50 bits per heavy atom. The topological polar surface area (TPSA) is 55.1 Å². The van der Waals surface area contributed by atoms with E-state index in [0.29, 0.717) is 0 Å². The molecular weight excluding hydrogens is 196 g/mol. The number of carbonyl (C=O) groups is 1. The third-order valence-corrected chi connectivity index (χ3v) is 2.97. The van der Waals surface area contributed by atoms with Crippen LogP contribution in [0, 0.1) is 0 Å². The molecule has 0 saturated heterocycles. The minimum atomic E-state index is -0.303. The standard InChI is InChI=1S/C10H16N2OS/c1-2-4-8(12-7-10(11)13)9-5-3-6-14-9/h3,5-6,8,12H,2,4,7H2,1H3,(H2,11,13). The molecule has 1 amide bonds. The van der Waals surface area contributed by atoms with Crippen molar-refractivity contribution in [1.29, 1.82) is 0 Å². The number of nitrogens with one attached hydrogen (secondary N) is 1. The Bertz CT molecular complexity index is 272. The molecule has 3 N–H and O–H groups in total. The van der Waals surface area contributed by atoms with Gasteiger partial charge in [0.25, 0.3) is 0 Å². The van der Waals surface area contributed by atoms with Gasteiger partial charge in [0.05, 0.1) is 6.54 Å². The molecule has 0 fully saturated rings. The minimum absolute atomic E-state index is 0.253. The summed E-state index contributed by atoms with van der Waals surface area (Å²) in [6, 6.07) is 4.38. The first-order valence-electron chi connectivity index (χ1n) is 4.79. The number of nitrogens with two attached hydrogens (primary N) is 1. The zero-order valence-electron chi connectivity index (χ0n) is 8.32. The van der Waals surface area contributed by atoms with Gasteiger partial charge in [-0.2, -0.15) is 0 Å². The lowest BCUT2D eigenvalue weighted by atomic mass is 10.1. The van der Waals surface area contributed by atoms with Gasteiger partial charge in [-0.05, 0) is 17.9 Å². The molecule has 1 heterocycles. The van der Waals surface area contributed by atoms with Gasteiger partial charge in [0.2, 0.25) is 5.91 Å². The summed E-state index contributed by atoms with van der Waals surface area (Å²) >= 11 is 1.71. The highest BCUT2D eigenvalue weighted by Crippen LogP contribution is 2.22. The summed E-state index contributed by atoms with van der Waals surface area (Å²) in [5, 5.41) is 5.20. The minimum Gasteiger partial charge on any atom is -0.369 e. The lowest BCUT2D eigenvalue weighted by Crippen LogP contribution is -2.31. The zero-order valence-corrected chi connectivity index (χ0v) is 9.14. The second-order valence-corrected chi connectivity index (χ2v) is 4.18. The van der Waals surface area contributed by atoms with Crippen molar-refractivity contribution in [2.75, 3.05) is 6.54 Å². The van der Waals surface area contributed by atoms with Crippen molar-refractivity contribution in [2.24, 2.45) is 5.73 Å². The van der Waals surface area contributed by atoms with E-state index in [1.165, 1.54) is 4.88 Å². The van der Waals surface area contributed by atoms with Crippen LogP contribution in [0.25, 0.3) is 0 Å². The molecule has 0 aliphatic rings. The Labute approximate surface area is 88.3 Å². The maximum Gasteiger partial charge on any atom is 0.231 e. The van der Waals surface area contributed by atoms with Crippen LogP contribution in [-0.2, 0) is 4.79 Å². The first kappa shape index (κ1) is 11.2. The van der Waals surface area contributed by atoms with Crippen LogP contribution in [0.5, 0.6) is 0 Å². The van der Waals surface area contributed by atoms with Crippen LogP contribution < -0.4 is 11.1 Å². The van der Waals surface area contributed by atoms with E-state index in [1.807, 2.05) is 11.4 Å². The fourth-order valence-corrected chi connectivity index (χ4v) is 2.18. The summed E-state index contributed by atoms with van der Waals surface area (Å²) in [5.41, 5.74) is 5.09. The van der Waals surface area contributed by atoms with Crippen molar-refractivity contribution in [2.45, 2.75) is 25.8 Å². The summed E-state index contributed by atoms with van der Waals surface area (Å²) in [6.07, 6.45) is 2.13. The predicted molar refractivity (Wildman–Crippen MR) is 59.2 cm³/mol. The van der Waals surface area contributed by atoms with Gasteiger partial charge in [-0.1, -0.05) is 19.4 Å². The molecule has 78 valence electrons. The number of amides is 1. The van der Waals surface area contributed by atoms with Crippen LogP contribution in [0.2, 0.25) is 0 Å². The Morgan fingerprint density at radius 1 is 1.71 bits per heavy atom. The van der Waals surface area contributed by atoms with E-state index in [1.54, 1.807) is 11.3 Å². The molecule has 0 radical (unpaired) electrons. The number of primary amides is 1. The van der Waals surface area contributed by atoms with Gasteiger partial charge in [0.15, 0.2) is 0 Å². The molecule has 0 aliphatic heterocycles. The van der Waals surface area contributed by atoms with E-state index in [4.69, 9.17) is 5.73 Å². The van der Waals surface area contributed by atoms with E-state index < -0.39 is 0 Å². The highest BCUT2D eigenvalue weighted by molar-refractivity contribution is 7.10. The van der Waals surface area contributed by atoms with Crippen LogP contribution in [0.4, 0.5) is 0 Å². The van der Waals surface area contributed by atoms with Crippen LogP contribution in [0.3, 0.4) is 0 Å². The van der Waals surface area contributed by atoms with Gasteiger partial charge in [-0.25, -0.2) is 0 Å². The molecule has 4 heteroatoms. The zero-order chi connectivity index (χ0) is 10.4. The van der Waals surface area contributed by atoms with Crippen molar-refractivity contribution >= 4 is 17.2 Å². The quantitative estimate of drug-likeness (QED) is 0.753. The Balaban J connectivity index is 2.51. The van der Waals surface area contributed by atoms with Gasteiger partial charge >= 0.3 is 0 Å². The molecule has 1 rings (SSSR count). The van der Waals surface area contributed by atoms with E-state index >= 15 is 0 Å². The largest absolute Gasteiger partial charge is 0.369 e. The lowest BCUT2D eigenvalue weighted by molar-refractivity contribution is -0.117. The van der Waals surface area contributed by atoms with Gasteiger partial charge in [-0.15, -0.1) is 11.3 Å². The smallest absolute Gasteiger partial charge is 0.231 e.